The van der Waals surface area contributed by atoms with Crippen molar-refractivity contribution in [2.24, 2.45) is 0 Å². The number of esters is 1. The van der Waals surface area contributed by atoms with Crippen LogP contribution in [0.3, 0.4) is 0 Å². The van der Waals surface area contributed by atoms with Gasteiger partial charge in [0.15, 0.2) is 0 Å². The van der Waals surface area contributed by atoms with Crippen LogP contribution in [-0.2, 0) is 9.53 Å². The second kappa shape index (κ2) is 6.98. The highest BCUT2D eigenvalue weighted by Gasteiger charge is 2.14. The lowest BCUT2D eigenvalue weighted by molar-refractivity contribution is -0.116. The van der Waals surface area contributed by atoms with Gasteiger partial charge in [0, 0.05) is 18.1 Å². The molecule has 1 aromatic rings. The monoisotopic (exact) mass is 271 g/mol. The van der Waals surface area contributed by atoms with Gasteiger partial charge in [0.25, 0.3) is 0 Å². The topological polar surface area (TPSA) is 75.6 Å². The summed E-state index contributed by atoms with van der Waals surface area (Å²) in [4.78, 5) is 23.0. The number of hydrogen-bond acceptors (Lipinski definition) is 4. The number of methoxy groups -OCH3 is 1. The summed E-state index contributed by atoms with van der Waals surface area (Å²) in [5.74, 6) is -0.855. The Hall–Kier alpha value is -1.59. The van der Waals surface area contributed by atoms with Crippen LogP contribution in [0.15, 0.2) is 18.2 Å². The Kier molecular flexibility index (Phi) is 5.61. The first-order valence-corrected chi connectivity index (χ1v) is 5.75. The first kappa shape index (κ1) is 14.5. The third-order valence-corrected chi connectivity index (χ3v) is 2.46. The molecule has 2 N–H and O–H groups in total. The molecule has 0 aromatic heterocycles. The van der Waals surface area contributed by atoms with Gasteiger partial charge in [0.1, 0.15) is 0 Å². The van der Waals surface area contributed by atoms with E-state index in [4.69, 9.17) is 16.7 Å². The van der Waals surface area contributed by atoms with Gasteiger partial charge in [-0.25, -0.2) is 4.79 Å². The van der Waals surface area contributed by atoms with Crippen molar-refractivity contribution in [3.05, 3.63) is 28.8 Å². The van der Waals surface area contributed by atoms with Gasteiger partial charge >= 0.3 is 5.97 Å². The molecule has 0 saturated carbocycles. The molecule has 0 aliphatic rings. The third kappa shape index (κ3) is 4.01. The molecule has 0 unspecified atom stereocenters. The first-order chi connectivity index (χ1) is 8.58. The Morgan fingerprint density at radius 2 is 2.17 bits per heavy atom. The minimum atomic E-state index is -0.574. The number of halogens is 1. The van der Waals surface area contributed by atoms with E-state index in [9.17, 15) is 9.59 Å². The second-order valence-electron chi connectivity index (χ2n) is 3.56. The standard InChI is InChI=1S/C12H14ClNO4/c1-18-12(17)9-7-8(13)4-5-10(9)14-11(16)3-2-6-15/h4-5,7,15H,2-3,6H2,1H3,(H,14,16). The van der Waals surface area contributed by atoms with E-state index >= 15 is 0 Å². The van der Waals surface area contributed by atoms with Crippen LogP contribution < -0.4 is 5.32 Å². The highest BCUT2D eigenvalue weighted by Crippen LogP contribution is 2.21. The van der Waals surface area contributed by atoms with Crippen molar-refractivity contribution in [3.8, 4) is 0 Å². The predicted octanol–water partition coefficient (Wildman–Crippen LogP) is 1.84. The lowest BCUT2D eigenvalue weighted by Gasteiger charge is -2.09. The normalized spacial score (nSPS) is 9.94. The summed E-state index contributed by atoms with van der Waals surface area (Å²) in [6.07, 6.45) is 0.548. The molecule has 1 rings (SSSR count). The molecule has 0 heterocycles. The van der Waals surface area contributed by atoms with E-state index in [0.717, 1.165) is 0 Å². The maximum absolute atomic E-state index is 11.5. The Morgan fingerprint density at radius 1 is 1.44 bits per heavy atom. The molecular formula is C12H14ClNO4. The van der Waals surface area contributed by atoms with Crippen LogP contribution in [0.4, 0.5) is 5.69 Å². The maximum Gasteiger partial charge on any atom is 0.340 e. The molecule has 0 atom stereocenters. The molecule has 0 bridgehead atoms. The summed E-state index contributed by atoms with van der Waals surface area (Å²) in [5, 5.41) is 11.6. The van der Waals surface area contributed by atoms with Gasteiger partial charge in [-0.1, -0.05) is 11.6 Å². The number of carbonyl (C=O) groups excluding carboxylic acids is 2. The summed E-state index contributed by atoms with van der Waals surface area (Å²) >= 11 is 5.78. The number of aliphatic hydroxyl groups excluding tert-OH is 1. The Morgan fingerprint density at radius 3 is 2.78 bits per heavy atom. The van der Waals surface area contributed by atoms with Gasteiger partial charge in [-0.2, -0.15) is 0 Å². The van der Waals surface area contributed by atoms with Crippen LogP contribution >= 0.6 is 11.6 Å². The van der Waals surface area contributed by atoms with Crippen molar-refractivity contribution in [1.82, 2.24) is 0 Å². The molecule has 0 saturated heterocycles. The largest absolute Gasteiger partial charge is 0.465 e. The Labute approximate surface area is 110 Å². The van der Waals surface area contributed by atoms with Crippen molar-refractivity contribution in [2.45, 2.75) is 12.8 Å². The summed E-state index contributed by atoms with van der Waals surface area (Å²) < 4.78 is 4.61. The number of nitrogens with one attached hydrogen (secondary N) is 1. The quantitative estimate of drug-likeness (QED) is 0.801. The van der Waals surface area contributed by atoms with Gasteiger partial charge < -0.3 is 15.2 Å². The van der Waals surface area contributed by atoms with Gasteiger partial charge in [0.05, 0.1) is 18.4 Å². The number of benzene rings is 1. The highest BCUT2D eigenvalue weighted by molar-refractivity contribution is 6.31. The Balaban J connectivity index is 2.87. The molecule has 18 heavy (non-hydrogen) atoms. The number of aliphatic hydroxyl groups is 1. The zero-order valence-electron chi connectivity index (χ0n) is 9.90. The van der Waals surface area contributed by atoms with Crippen molar-refractivity contribution in [3.63, 3.8) is 0 Å². The summed E-state index contributed by atoms with van der Waals surface area (Å²) in [6, 6.07) is 4.52. The maximum atomic E-state index is 11.5. The van der Waals surface area contributed by atoms with E-state index in [0.29, 0.717) is 17.1 Å². The molecular weight excluding hydrogens is 258 g/mol. The van der Waals surface area contributed by atoms with Gasteiger partial charge in [-0.15, -0.1) is 0 Å². The van der Waals surface area contributed by atoms with Crippen LogP contribution in [0, 0.1) is 0 Å². The van der Waals surface area contributed by atoms with E-state index in [2.05, 4.69) is 10.1 Å². The third-order valence-electron chi connectivity index (χ3n) is 2.22. The minimum absolute atomic E-state index is 0.0576. The van der Waals surface area contributed by atoms with Gasteiger partial charge in [-0.3, -0.25) is 4.79 Å². The zero-order chi connectivity index (χ0) is 13.5. The highest BCUT2D eigenvalue weighted by atomic mass is 35.5. The van der Waals surface area contributed by atoms with E-state index in [1.807, 2.05) is 0 Å². The van der Waals surface area contributed by atoms with Gasteiger partial charge in [-0.05, 0) is 24.6 Å². The fraction of sp³-hybridized carbons (Fsp3) is 0.333. The second-order valence-corrected chi connectivity index (χ2v) is 3.99. The average Bonchev–Trinajstić information content (AvgIpc) is 2.37. The van der Waals surface area contributed by atoms with Crippen molar-refractivity contribution >= 4 is 29.2 Å². The number of hydrogen-bond donors (Lipinski definition) is 2. The van der Waals surface area contributed by atoms with Crippen LogP contribution in [-0.4, -0.2) is 30.7 Å². The van der Waals surface area contributed by atoms with E-state index < -0.39 is 5.97 Å². The molecule has 0 radical (unpaired) electrons. The smallest absolute Gasteiger partial charge is 0.340 e. The minimum Gasteiger partial charge on any atom is -0.465 e. The summed E-state index contributed by atoms with van der Waals surface area (Å²) in [6.45, 7) is -0.0576. The van der Waals surface area contributed by atoms with E-state index in [1.165, 1.54) is 19.2 Å². The van der Waals surface area contributed by atoms with E-state index in [-0.39, 0.29) is 24.5 Å². The predicted molar refractivity (Wildman–Crippen MR) is 67.7 cm³/mol. The molecule has 0 aliphatic heterocycles. The summed E-state index contributed by atoms with van der Waals surface area (Å²) in [7, 11) is 1.25. The fourth-order valence-electron chi connectivity index (χ4n) is 1.36. The molecule has 6 heteroatoms. The van der Waals surface area contributed by atoms with Crippen LogP contribution in [0.5, 0.6) is 0 Å². The van der Waals surface area contributed by atoms with Crippen molar-refractivity contribution < 1.29 is 19.4 Å². The molecule has 0 aliphatic carbocycles. The fourth-order valence-corrected chi connectivity index (χ4v) is 1.53. The van der Waals surface area contributed by atoms with Gasteiger partial charge in [0.2, 0.25) is 5.91 Å². The number of amides is 1. The Bertz CT molecular complexity index is 448. The van der Waals surface area contributed by atoms with Crippen molar-refractivity contribution in [2.75, 3.05) is 19.0 Å². The molecule has 1 aromatic carbocycles. The lowest BCUT2D eigenvalue weighted by Crippen LogP contribution is -2.15. The first-order valence-electron chi connectivity index (χ1n) is 5.37. The molecule has 0 fully saturated rings. The molecule has 0 spiro atoms. The number of carbonyl (C=O) groups is 2. The molecule has 5 nitrogen and oxygen atoms in total. The summed E-state index contributed by atoms with van der Waals surface area (Å²) in [5.41, 5.74) is 0.538. The van der Waals surface area contributed by atoms with Crippen LogP contribution in [0.25, 0.3) is 0 Å². The number of rotatable bonds is 5. The average molecular weight is 272 g/mol. The number of ether oxygens (including phenoxy) is 1. The zero-order valence-corrected chi connectivity index (χ0v) is 10.7. The molecule has 98 valence electrons. The SMILES string of the molecule is COC(=O)c1cc(Cl)ccc1NC(=O)CCCO. The molecule has 1 amide bonds. The number of anilines is 1. The lowest BCUT2D eigenvalue weighted by atomic mass is 10.1. The van der Waals surface area contributed by atoms with Crippen LogP contribution in [0.1, 0.15) is 23.2 Å². The van der Waals surface area contributed by atoms with Crippen molar-refractivity contribution in [1.29, 1.82) is 0 Å². The van der Waals surface area contributed by atoms with E-state index in [1.54, 1.807) is 6.07 Å². The van der Waals surface area contributed by atoms with Crippen LogP contribution in [0.2, 0.25) is 5.02 Å².